The van der Waals surface area contributed by atoms with Crippen molar-refractivity contribution in [2.24, 2.45) is 0 Å². The van der Waals surface area contributed by atoms with E-state index in [1.165, 1.54) is 0 Å². The predicted molar refractivity (Wildman–Crippen MR) is 116 cm³/mol. The van der Waals surface area contributed by atoms with Gasteiger partial charge in [-0.25, -0.2) is 14.2 Å². The molecule has 0 bridgehead atoms. The summed E-state index contributed by atoms with van der Waals surface area (Å²) in [6.07, 6.45) is 1.00. The largest absolute Gasteiger partial charge is 0.321 e. The summed E-state index contributed by atoms with van der Waals surface area (Å²) >= 11 is 5.80. The maximum absolute atomic E-state index is 14.1. The van der Waals surface area contributed by atoms with Gasteiger partial charge in [0, 0.05) is 30.2 Å². The molecule has 0 spiro atoms. The first-order valence-corrected chi connectivity index (χ1v) is 10.6. The second-order valence-corrected chi connectivity index (χ2v) is 9.82. The van der Waals surface area contributed by atoms with Crippen molar-refractivity contribution < 1.29 is 9.18 Å². The van der Waals surface area contributed by atoms with E-state index < -0.39 is 11.4 Å². The van der Waals surface area contributed by atoms with Gasteiger partial charge in [0.1, 0.15) is 0 Å². The Balaban J connectivity index is 1.60. The number of H-pyrrole nitrogens is 1. The third kappa shape index (κ3) is 3.61. The molecule has 11 heteroatoms. The Morgan fingerprint density at radius 1 is 1.32 bits per heavy atom. The molecule has 31 heavy (non-hydrogen) atoms. The molecule has 0 radical (unpaired) electrons. The van der Waals surface area contributed by atoms with E-state index in [9.17, 15) is 9.18 Å². The summed E-state index contributed by atoms with van der Waals surface area (Å²) in [5, 5.41) is 10.1. The van der Waals surface area contributed by atoms with Crippen LogP contribution in [0.15, 0.2) is 6.20 Å². The number of hydrogen-bond acceptors (Lipinski definition) is 6. The summed E-state index contributed by atoms with van der Waals surface area (Å²) in [5.74, 6) is -0.287. The van der Waals surface area contributed by atoms with Crippen molar-refractivity contribution in [1.82, 2.24) is 34.9 Å². The number of likely N-dealkylation sites (N-methyl/N-ethyl adjacent to an activating group) is 1. The van der Waals surface area contributed by atoms with Crippen LogP contribution in [0.4, 0.5) is 20.8 Å². The zero-order valence-electron chi connectivity index (χ0n) is 18.6. The highest BCUT2D eigenvalue weighted by atomic mass is 35.5. The summed E-state index contributed by atoms with van der Waals surface area (Å²) in [4.78, 5) is 27.2. The molecule has 2 aliphatic heterocycles. The van der Waals surface area contributed by atoms with Crippen molar-refractivity contribution in [2.45, 2.75) is 58.3 Å². The van der Waals surface area contributed by atoms with E-state index in [4.69, 9.17) is 11.6 Å². The number of halogens is 2. The van der Waals surface area contributed by atoms with Crippen LogP contribution in [-0.2, 0) is 12.1 Å². The third-order valence-electron chi connectivity index (χ3n) is 6.56. The molecule has 1 fully saturated rings. The molecule has 2 amide bonds. The van der Waals surface area contributed by atoms with E-state index >= 15 is 0 Å². The number of aromatic nitrogens is 4. The zero-order valence-corrected chi connectivity index (χ0v) is 19.4. The lowest BCUT2D eigenvalue weighted by molar-refractivity contribution is 0.00695. The topological polar surface area (TPSA) is 93.3 Å². The van der Waals surface area contributed by atoms with Crippen LogP contribution in [0.3, 0.4) is 0 Å². The molecule has 0 unspecified atom stereocenters. The fourth-order valence-electron chi connectivity index (χ4n) is 4.32. The fourth-order valence-corrected chi connectivity index (χ4v) is 4.45. The predicted octanol–water partition coefficient (Wildman–Crippen LogP) is 3.32. The van der Waals surface area contributed by atoms with Gasteiger partial charge >= 0.3 is 6.03 Å². The van der Waals surface area contributed by atoms with Crippen LogP contribution in [0.5, 0.6) is 0 Å². The number of carbonyl (C=O) groups excluding carboxylic acids is 1. The SMILES string of the molecule is C[C@H]1CN(C)C(C)(C)CN1C(=O)N1Cc2c(Nc3nc(Cl)ncc3F)n[nH]c2C1(C)C. The van der Waals surface area contributed by atoms with Gasteiger partial charge in [0.2, 0.25) is 5.28 Å². The summed E-state index contributed by atoms with van der Waals surface area (Å²) in [6, 6.07) is 0.0683. The molecule has 2 aliphatic rings. The Morgan fingerprint density at radius 2 is 2.03 bits per heavy atom. The number of aromatic amines is 1. The number of urea groups is 1. The Kier molecular flexibility index (Phi) is 5.13. The molecule has 2 aromatic heterocycles. The van der Waals surface area contributed by atoms with Crippen LogP contribution in [0.2, 0.25) is 5.28 Å². The summed E-state index contributed by atoms with van der Waals surface area (Å²) in [5.41, 5.74) is 0.894. The molecular weight excluding hydrogens is 423 g/mol. The number of carbonyl (C=O) groups is 1. The van der Waals surface area contributed by atoms with Crippen molar-refractivity contribution in [3.05, 3.63) is 28.6 Å². The van der Waals surface area contributed by atoms with Gasteiger partial charge in [-0.15, -0.1) is 0 Å². The Hall–Kier alpha value is -2.46. The highest BCUT2D eigenvalue weighted by Crippen LogP contribution is 2.42. The smallest absolute Gasteiger partial charge is 0.321 e. The van der Waals surface area contributed by atoms with Gasteiger partial charge in [0.05, 0.1) is 24.0 Å². The lowest BCUT2D eigenvalue weighted by Crippen LogP contribution is -2.65. The molecule has 4 rings (SSSR count). The lowest BCUT2D eigenvalue weighted by Gasteiger charge is -2.50. The number of anilines is 2. The van der Waals surface area contributed by atoms with Crippen molar-refractivity contribution in [1.29, 1.82) is 0 Å². The molecule has 0 saturated carbocycles. The van der Waals surface area contributed by atoms with Crippen LogP contribution in [0.25, 0.3) is 0 Å². The molecule has 2 N–H and O–H groups in total. The highest BCUT2D eigenvalue weighted by Gasteiger charge is 2.47. The first-order valence-electron chi connectivity index (χ1n) is 10.2. The minimum absolute atomic E-state index is 0.0227. The number of amides is 2. The number of hydrogen-bond donors (Lipinski definition) is 2. The first-order chi connectivity index (χ1) is 14.4. The van der Waals surface area contributed by atoms with Crippen LogP contribution in [0, 0.1) is 5.82 Å². The van der Waals surface area contributed by atoms with Crippen molar-refractivity contribution in [3.8, 4) is 0 Å². The number of nitrogens with zero attached hydrogens (tertiary/aromatic N) is 6. The second-order valence-electron chi connectivity index (χ2n) is 9.48. The minimum Gasteiger partial charge on any atom is -0.321 e. The van der Waals surface area contributed by atoms with E-state index in [0.717, 1.165) is 24.0 Å². The van der Waals surface area contributed by atoms with E-state index in [0.29, 0.717) is 18.9 Å². The average Bonchev–Trinajstić information content (AvgIpc) is 3.19. The second kappa shape index (κ2) is 7.30. The van der Waals surface area contributed by atoms with Gasteiger partial charge < -0.3 is 15.1 Å². The van der Waals surface area contributed by atoms with Crippen molar-refractivity contribution in [3.63, 3.8) is 0 Å². The van der Waals surface area contributed by atoms with Crippen LogP contribution < -0.4 is 5.32 Å². The Bertz CT molecular complexity index is 1020. The summed E-state index contributed by atoms with van der Waals surface area (Å²) in [6.45, 7) is 12.1. The number of piperazine rings is 1. The normalized spacial score (nSPS) is 22.5. The molecule has 0 aromatic carbocycles. The summed E-state index contributed by atoms with van der Waals surface area (Å²) in [7, 11) is 2.09. The van der Waals surface area contributed by atoms with Gasteiger partial charge in [-0.1, -0.05) is 0 Å². The van der Waals surface area contributed by atoms with E-state index in [1.54, 1.807) is 0 Å². The third-order valence-corrected chi connectivity index (χ3v) is 6.74. The molecular formula is C20H28ClFN8O. The molecule has 168 valence electrons. The maximum Gasteiger partial charge on any atom is 0.321 e. The summed E-state index contributed by atoms with van der Waals surface area (Å²) < 4.78 is 14.1. The first kappa shape index (κ1) is 21.8. The van der Waals surface area contributed by atoms with E-state index in [1.807, 2.05) is 23.6 Å². The molecule has 0 aliphatic carbocycles. The zero-order chi connectivity index (χ0) is 22.7. The molecule has 4 heterocycles. The molecule has 2 aromatic rings. The molecule has 9 nitrogen and oxygen atoms in total. The van der Waals surface area contributed by atoms with Crippen molar-refractivity contribution >= 4 is 29.3 Å². The molecule has 1 saturated heterocycles. The van der Waals surface area contributed by atoms with Gasteiger partial charge in [0.15, 0.2) is 17.5 Å². The Morgan fingerprint density at radius 3 is 2.74 bits per heavy atom. The standard InChI is InChI=1S/C20H28ClFN8O/c1-11-8-28(6)19(2,3)10-29(11)18(31)30-9-12-14(20(30,4)5)26-27-15(12)24-16-13(22)7-23-17(21)25-16/h7,11H,8-10H2,1-6H3,(H2,23,24,25,26,27)/t11-/m0/s1. The quantitative estimate of drug-likeness (QED) is 0.682. The van der Waals surface area contributed by atoms with Crippen LogP contribution in [-0.4, -0.2) is 72.6 Å². The van der Waals surface area contributed by atoms with Gasteiger partial charge in [-0.05, 0) is 53.3 Å². The number of nitrogens with one attached hydrogen (secondary N) is 2. The Labute approximate surface area is 186 Å². The number of rotatable bonds is 2. The van der Waals surface area contributed by atoms with Gasteiger partial charge in [-0.3, -0.25) is 10.00 Å². The maximum atomic E-state index is 14.1. The minimum atomic E-state index is -0.639. The average molecular weight is 451 g/mol. The van der Waals surface area contributed by atoms with Gasteiger partial charge in [-0.2, -0.15) is 10.1 Å². The van der Waals surface area contributed by atoms with E-state index in [-0.39, 0.29) is 28.7 Å². The highest BCUT2D eigenvalue weighted by molar-refractivity contribution is 6.28. The van der Waals surface area contributed by atoms with Gasteiger partial charge in [0.25, 0.3) is 0 Å². The number of fused-ring (bicyclic) bond motifs is 1. The van der Waals surface area contributed by atoms with Crippen LogP contribution >= 0.6 is 11.6 Å². The lowest BCUT2D eigenvalue weighted by atomic mass is 9.96. The van der Waals surface area contributed by atoms with Crippen molar-refractivity contribution in [2.75, 3.05) is 25.5 Å². The van der Waals surface area contributed by atoms with E-state index in [2.05, 4.69) is 58.2 Å². The van der Waals surface area contributed by atoms with Crippen LogP contribution in [0.1, 0.15) is 45.9 Å². The fraction of sp³-hybridized carbons (Fsp3) is 0.600. The monoisotopic (exact) mass is 450 g/mol. The molecule has 1 atom stereocenters.